The van der Waals surface area contributed by atoms with Gasteiger partial charge < -0.3 is 15.4 Å². The molecule has 5 heteroatoms. The zero-order valence-corrected chi connectivity index (χ0v) is 13.8. The minimum Gasteiger partial charge on any atom is -0.380 e. The van der Waals surface area contributed by atoms with Crippen LogP contribution < -0.4 is 10.6 Å². The summed E-state index contributed by atoms with van der Waals surface area (Å²) in [5.41, 5.74) is 7.03. The Balaban J connectivity index is 1.98. The van der Waals surface area contributed by atoms with Gasteiger partial charge in [-0.2, -0.15) is 0 Å². The summed E-state index contributed by atoms with van der Waals surface area (Å²) in [5.74, 6) is 0. The molecule has 2 rings (SSSR count). The molecule has 118 valence electrons. The third-order valence-electron chi connectivity index (χ3n) is 4.29. The van der Waals surface area contributed by atoms with Gasteiger partial charge in [0, 0.05) is 39.3 Å². The lowest BCUT2D eigenvalue weighted by atomic mass is 10.00. The van der Waals surface area contributed by atoms with E-state index in [-0.39, 0.29) is 5.54 Å². The van der Waals surface area contributed by atoms with Gasteiger partial charge in [0.05, 0.1) is 22.9 Å². The summed E-state index contributed by atoms with van der Waals surface area (Å²) in [5, 5.41) is 0.821. The zero-order chi connectivity index (χ0) is 15.3. The maximum absolute atomic E-state index is 6.28. The van der Waals surface area contributed by atoms with Crippen LogP contribution in [0, 0.1) is 0 Å². The van der Waals surface area contributed by atoms with Gasteiger partial charge in [-0.1, -0.05) is 23.7 Å². The summed E-state index contributed by atoms with van der Waals surface area (Å²) < 4.78 is 5.62. The van der Waals surface area contributed by atoms with Crippen LogP contribution in [0.25, 0.3) is 0 Å². The molecule has 0 bridgehead atoms. The average Bonchev–Trinajstić information content (AvgIpc) is 2.53. The second-order valence-corrected chi connectivity index (χ2v) is 6.17. The van der Waals surface area contributed by atoms with Crippen molar-refractivity contribution < 1.29 is 4.74 Å². The fourth-order valence-corrected chi connectivity index (χ4v) is 3.05. The third kappa shape index (κ3) is 3.89. The van der Waals surface area contributed by atoms with Gasteiger partial charge in [-0.25, -0.2) is 0 Å². The van der Waals surface area contributed by atoms with Gasteiger partial charge in [0.25, 0.3) is 0 Å². The molecule has 1 unspecified atom stereocenters. The summed E-state index contributed by atoms with van der Waals surface area (Å²) in [6.07, 6.45) is 0. The van der Waals surface area contributed by atoms with Gasteiger partial charge in [-0.3, -0.25) is 4.90 Å². The van der Waals surface area contributed by atoms with E-state index in [1.165, 1.54) is 0 Å². The minimum absolute atomic E-state index is 0.0808. The topological polar surface area (TPSA) is 41.7 Å². The van der Waals surface area contributed by atoms with Crippen molar-refractivity contribution >= 4 is 17.3 Å². The fourth-order valence-electron chi connectivity index (χ4n) is 2.80. The summed E-state index contributed by atoms with van der Waals surface area (Å²) in [6, 6.07) is 8.03. The van der Waals surface area contributed by atoms with Crippen molar-refractivity contribution in [1.82, 2.24) is 4.90 Å². The SMILES string of the molecule is CCOCC(C)(CN)N1CCN(c2ccccc2Cl)CC1. The Hall–Kier alpha value is -0.810. The van der Waals surface area contributed by atoms with Gasteiger partial charge in [-0.15, -0.1) is 0 Å². The van der Waals surface area contributed by atoms with Crippen LogP contribution in [0.2, 0.25) is 5.02 Å². The predicted octanol–water partition coefficient (Wildman–Crippen LogP) is 2.22. The minimum atomic E-state index is -0.0808. The number of hydrogen-bond donors (Lipinski definition) is 1. The Kier molecular flexibility index (Phi) is 5.88. The first-order valence-electron chi connectivity index (χ1n) is 7.63. The average molecular weight is 312 g/mol. The van der Waals surface area contributed by atoms with Gasteiger partial charge in [0.1, 0.15) is 0 Å². The second kappa shape index (κ2) is 7.45. The maximum Gasteiger partial charge on any atom is 0.0659 e. The Labute approximate surface area is 132 Å². The Morgan fingerprint density at radius 1 is 1.24 bits per heavy atom. The molecule has 0 aromatic heterocycles. The van der Waals surface area contributed by atoms with E-state index in [4.69, 9.17) is 22.1 Å². The first-order chi connectivity index (χ1) is 10.1. The number of nitrogens with zero attached hydrogens (tertiary/aromatic N) is 2. The highest BCUT2D eigenvalue weighted by atomic mass is 35.5. The number of nitrogens with two attached hydrogens (primary N) is 1. The number of hydrogen-bond acceptors (Lipinski definition) is 4. The summed E-state index contributed by atoms with van der Waals surface area (Å²) in [7, 11) is 0. The third-order valence-corrected chi connectivity index (χ3v) is 4.61. The lowest BCUT2D eigenvalue weighted by Crippen LogP contribution is -2.61. The molecule has 2 N–H and O–H groups in total. The molecule has 21 heavy (non-hydrogen) atoms. The molecule has 1 aromatic carbocycles. The zero-order valence-electron chi connectivity index (χ0n) is 13.0. The van der Waals surface area contributed by atoms with Gasteiger partial charge in [-0.05, 0) is 26.0 Å². The predicted molar refractivity (Wildman–Crippen MR) is 89.2 cm³/mol. The van der Waals surface area contributed by atoms with Gasteiger partial charge in [0.15, 0.2) is 0 Å². The molecule has 1 heterocycles. The van der Waals surface area contributed by atoms with Crippen molar-refractivity contribution in [3.8, 4) is 0 Å². The number of halogens is 1. The van der Waals surface area contributed by atoms with Crippen molar-refractivity contribution in [2.45, 2.75) is 19.4 Å². The van der Waals surface area contributed by atoms with Crippen LogP contribution in [-0.4, -0.2) is 56.4 Å². The summed E-state index contributed by atoms with van der Waals surface area (Å²) in [4.78, 5) is 4.78. The number of ether oxygens (including phenoxy) is 1. The summed E-state index contributed by atoms with van der Waals surface area (Å²) >= 11 is 6.28. The highest BCUT2D eigenvalue weighted by Gasteiger charge is 2.33. The van der Waals surface area contributed by atoms with Crippen LogP contribution in [0.15, 0.2) is 24.3 Å². The number of rotatable bonds is 6. The molecule has 0 saturated carbocycles. The van der Waals surface area contributed by atoms with E-state index in [2.05, 4.69) is 22.8 Å². The highest BCUT2D eigenvalue weighted by Crippen LogP contribution is 2.27. The highest BCUT2D eigenvalue weighted by molar-refractivity contribution is 6.33. The van der Waals surface area contributed by atoms with E-state index in [9.17, 15) is 0 Å². The molecule has 4 nitrogen and oxygen atoms in total. The lowest BCUT2D eigenvalue weighted by molar-refractivity contribution is 0.00749. The van der Waals surface area contributed by atoms with Crippen molar-refractivity contribution in [2.75, 3.05) is 50.8 Å². The molecule has 0 aliphatic carbocycles. The molecule has 1 aliphatic rings. The van der Waals surface area contributed by atoms with Crippen LogP contribution in [0.1, 0.15) is 13.8 Å². The first kappa shape index (κ1) is 16.6. The second-order valence-electron chi connectivity index (χ2n) is 5.76. The van der Waals surface area contributed by atoms with Gasteiger partial charge in [0.2, 0.25) is 0 Å². The normalized spacial score (nSPS) is 19.5. The molecule has 0 radical (unpaired) electrons. The quantitative estimate of drug-likeness (QED) is 0.874. The van der Waals surface area contributed by atoms with E-state index in [1.54, 1.807) is 0 Å². The molecule has 1 saturated heterocycles. The number of benzene rings is 1. The molecular weight excluding hydrogens is 286 g/mol. The van der Waals surface area contributed by atoms with Crippen molar-refractivity contribution in [1.29, 1.82) is 0 Å². The number of piperazine rings is 1. The van der Waals surface area contributed by atoms with E-state index in [1.807, 2.05) is 25.1 Å². The van der Waals surface area contributed by atoms with Crippen LogP contribution in [-0.2, 0) is 4.74 Å². The van der Waals surface area contributed by atoms with E-state index in [0.29, 0.717) is 13.2 Å². The van der Waals surface area contributed by atoms with Crippen molar-refractivity contribution in [2.24, 2.45) is 5.73 Å². The summed E-state index contributed by atoms with van der Waals surface area (Å²) in [6.45, 7) is 10.1. The van der Waals surface area contributed by atoms with Gasteiger partial charge >= 0.3 is 0 Å². The lowest BCUT2D eigenvalue weighted by Gasteiger charge is -2.45. The van der Waals surface area contributed by atoms with Crippen LogP contribution in [0.3, 0.4) is 0 Å². The van der Waals surface area contributed by atoms with Crippen LogP contribution in [0.5, 0.6) is 0 Å². The Morgan fingerprint density at radius 3 is 2.48 bits per heavy atom. The Bertz CT molecular complexity index is 449. The number of anilines is 1. The molecule has 0 amide bonds. The molecule has 0 spiro atoms. The fraction of sp³-hybridized carbons (Fsp3) is 0.625. The van der Waals surface area contributed by atoms with Crippen LogP contribution >= 0.6 is 11.6 Å². The molecule has 1 fully saturated rings. The first-order valence-corrected chi connectivity index (χ1v) is 8.01. The van der Waals surface area contributed by atoms with Crippen LogP contribution in [0.4, 0.5) is 5.69 Å². The molecule has 1 atom stereocenters. The molecular formula is C16H26ClN3O. The smallest absolute Gasteiger partial charge is 0.0659 e. The monoisotopic (exact) mass is 311 g/mol. The van der Waals surface area contributed by atoms with E-state index >= 15 is 0 Å². The van der Waals surface area contributed by atoms with E-state index < -0.39 is 0 Å². The largest absolute Gasteiger partial charge is 0.380 e. The maximum atomic E-state index is 6.28. The molecule has 1 aromatic rings. The van der Waals surface area contributed by atoms with Crippen molar-refractivity contribution in [3.05, 3.63) is 29.3 Å². The van der Waals surface area contributed by atoms with Crippen molar-refractivity contribution in [3.63, 3.8) is 0 Å². The Morgan fingerprint density at radius 2 is 1.90 bits per heavy atom. The standard InChI is InChI=1S/C16H26ClN3O/c1-3-21-13-16(2,12-18)20-10-8-19(9-11-20)15-7-5-4-6-14(15)17/h4-7H,3,8-13,18H2,1-2H3. The molecule has 1 aliphatic heterocycles. The van der Waals surface area contributed by atoms with E-state index in [0.717, 1.165) is 43.5 Å². The number of para-hydroxylation sites is 1.